The topological polar surface area (TPSA) is 46.5 Å². The Morgan fingerprint density at radius 3 is 2.45 bits per heavy atom. The van der Waals surface area contributed by atoms with Crippen LogP contribution in [0.3, 0.4) is 0 Å². The summed E-state index contributed by atoms with van der Waals surface area (Å²) >= 11 is 0. The molecule has 0 saturated heterocycles. The first-order valence-electron chi connectivity index (χ1n) is 6.41. The van der Waals surface area contributed by atoms with E-state index >= 15 is 0 Å². The number of halogens is 3. The fraction of sp³-hybridized carbons (Fsp3) is 0.188. The highest BCUT2D eigenvalue weighted by Crippen LogP contribution is 2.31. The molecule has 0 fully saturated rings. The molecular formula is C16H13F3O3. The monoisotopic (exact) mass is 310 g/mol. The second kappa shape index (κ2) is 6.09. The van der Waals surface area contributed by atoms with Crippen molar-refractivity contribution in [2.24, 2.45) is 0 Å². The van der Waals surface area contributed by atoms with Crippen LogP contribution in [0.1, 0.15) is 27.0 Å². The molecule has 0 unspecified atom stereocenters. The minimum Gasteiger partial charge on any atom is -0.489 e. The zero-order valence-electron chi connectivity index (χ0n) is 11.6. The van der Waals surface area contributed by atoms with E-state index in [4.69, 9.17) is 9.84 Å². The van der Waals surface area contributed by atoms with Gasteiger partial charge in [-0.3, -0.25) is 0 Å². The van der Waals surface area contributed by atoms with Crippen molar-refractivity contribution in [2.45, 2.75) is 19.7 Å². The molecule has 3 nitrogen and oxygen atoms in total. The number of carboxylic acids is 1. The molecule has 116 valence electrons. The molecule has 0 aliphatic heterocycles. The third-order valence-corrected chi connectivity index (χ3v) is 3.14. The average Bonchev–Trinajstić information content (AvgIpc) is 2.45. The van der Waals surface area contributed by atoms with Crippen LogP contribution >= 0.6 is 0 Å². The second-order valence-corrected chi connectivity index (χ2v) is 4.73. The van der Waals surface area contributed by atoms with Crippen LogP contribution in [-0.2, 0) is 12.8 Å². The van der Waals surface area contributed by atoms with Crippen molar-refractivity contribution in [3.05, 3.63) is 64.7 Å². The second-order valence-electron chi connectivity index (χ2n) is 4.73. The average molecular weight is 310 g/mol. The first kappa shape index (κ1) is 15.9. The van der Waals surface area contributed by atoms with Gasteiger partial charge < -0.3 is 9.84 Å². The van der Waals surface area contributed by atoms with Crippen LogP contribution < -0.4 is 4.74 Å². The van der Waals surface area contributed by atoms with Gasteiger partial charge >= 0.3 is 12.1 Å². The van der Waals surface area contributed by atoms with E-state index in [1.165, 1.54) is 0 Å². The maximum Gasteiger partial charge on any atom is 0.416 e. The molecule has 6 heteroatoms. The molecule has 0 spiro atoms. The fourth-order valence-corrected chi connectivity index (χ4v) is 1.95. The lowest BCUT2D eigenvalue weighted by Gasteiger charge is -2.13. The number of para-hydroxylation sites is 1. The number of aromatic carboxylic acids is 1. The lowest BCUT2D eigenvalue weighted by atomic mass is 10.0. The van der Waals surface area contributed by atoms with Crippen LogP contribution in [0.25, 0.3) is 0 Å². The van der Waals surface area contributed by atoms with E-state index in [9.17, 15) is 18.0 Å². The van der Waals surface area contributed by atoms with E-state index in [-0.39, 0.29) is 12.2 Å². The molecule has 0 aliphatic carbocycles. The van der Waals surface area contributed by atoms with Crippen molar-refractivity contribution in [3.63, 3.8) is 0 Å². The van der Waals surface area contributed by atoms with Gasteiger partial charge in [-0.15, -0.1) is 0 Å². The summed E-state index contributed by atoms with van der Waals surface area (Å²) in [5.41, 5.74) is -0.372. The van der Waals surface area contributed by atoms with E-state index in [2.05, 4.69) is 0 Å². The van der Waals surface area contributed by atoms with E-state index in [0.29, 0.717) is 11.8 Å². The molecule has 22 heavy (non-hydrogen) atoms. The number of ether oxygens (including phenoxy) is 1. The Bertz CT molecular complexity index is 693. The van der Waals surface area contributed by atoms with Gasteiger partial charge in [0.25, 0.3) is 0 Å². The first-order chi connectivity index (χ1) is 10.3. The zero-order valence-corrected chi connectivity index (χ0v) is 11.6. The van der Waals surface area contributed by atoms with Crippen molar-refractivity contribution >= 4 is 5.97 Å². The number of alkyl halides is 3. The summed E-state index contributed by atoms with van der Waals surface area (Å²) in [7, 11) is 0. The highest BCUT2D eigenvalue weighted by molar-refractivity contribution is 5.89. The maximum atomic E-state index is 12.6. The predicted molar refractivity (Wildman–Crippen MR) is 73.9 cm³/mol. The summed E-state index contributed by atoms with van der Waals surface area (Å²) in [5.74, 6) is -0.867. The van der Waals surface area contributed by atoms with E-state index in [0.717, 1.165) is 17.7 Å². The molecular weight excluding hydrogens is 297 g/mol. The SMILES string of the molecule is Cc1ccccc1OCc1ccc(C(F)(F)F)cc1C(=O)O. The minimum absolute atomic E-state index is 0.120. The van der Waals surface area contributed by atoms with Gasteiger partial charge in [0.1, 0.15) is 12.4 Å². The summed E-state index contributed by atoms with van der Waals surface area (Å²) in [4.78, 5) is 11.2. The van der Waals surface area contributed by atoms with Crippen LogP contribution in [0, 0.1) is 6.92 Å². The highest BCUT2D eigenvalue weighted by atomic mass is 19.4. The molecule has 2 rings (SSSR count). The molecule has 0 atom stereocenters. The number of benzene rings is 2. The van der Waals surface area contributed by atoms with Crippen LogP contribution in [0.5, 0.6) is 5.75 Å². The number of carbonyl (C=O) groups is 1. The number of rotatable bonds is 4. The first-order valence-corrected chi connectivity index (χ1v) is 6.41. The number of hydrogen-bond acceptors (Lipinski definition) is 2. The third-order valence-electron chi connectivity index (χ3n) is 3.14. The van der Waals surface area contributed by atoms with Crippen LogP contribution in [-0.4, -0.2) is 11.1 Å². The lowest BCUT2D eigenvalue weighted by Crippen LogP contribution is -2.11. The quantitative estimate of drug-likeness (QED) is 0.916. The summed E-state index contributed by atoms with van der Waals surface area (Å²) < 4.78 is 43.4. The minimum atomic E-state index is -4.58. The van der Waals surface area contributed by atoms with Gasteiger partial charge in [0.2, 0.25) is 0 Å². The molecule has 0 aromatic heterocycles. The van der Waals surface area contributed by atoms with Crippen molar-refractivity contribution in [1.29, 1.82) is 0 Å². The Morgan fingerprint density at radius 2 is 1.86 bits per heavy atom. The van der Waals surface area contributed by atoms with Crippen molar-refractivity contribution in [3.8, 4) is 5.75 Å². The van der Waals surface area contributed by atoms with Gasteiger partial charge in [-0.25, -0.2) is 4.79 Å². The Balaban J connectivity index is 2.27. The lowest BCUT2D eigenvalue weighted by molar-refractivity contribution is -0.137. The molecule has 1 N–H and O–H groups in total. The molecule has 0 bridgehead atoms. The van der Waals surface area contributed by atoms with Gasteiger partial charge in [-0.2, -0.15) is 13.2 Å². The molecule has 0 amide bonds. The van der Waals surface area contributed by atoms with Crippen LogP contribution in [0.4, 0.5) is 13.2 Å². The van der Waals surface area contributed by atoms with Gasteiger partial charge in [-0.1, -0.05) is 24.3 Å². The summed E-state index contributed by atoms with van der Waals surface area (Å²) in [5, 5.41) is 9.08. The van der Waals surface area contributed by atoms with Crippen molar-refractivity contribution in [1.82, 2.24) is 0 Å². The molecule has 0 saturated carbocycles. The molecule has 0 aliphatic rings. The number of hydrogen-bond donors (Lipinski definition) is 1. The Morgan fingerprint density at radius 1 is 1.18 bits per heavy atom. The normalized spacial score (nSPS) is 11.3. The molecule has 0 radical (unpaired) electrons. The van der Waals surface area contributed by atoms with Crippen LogP contribution in [0.2, 0.25) is 0 Å². The van der Waals surface area contributed by atoms with E-state index in [1.54, 1.807) is 12.1 Å². The standard InChI is InChI=1S/C16H13F3O3/c1-10-4-2-3-5-14(10)22-9-11-6-7-12(16(17,18)19)8-13(11)15(20)21/h2-8H,9H2,1H3,(H,20,21). The smallest absolute Gasteiger partial charge is 0.416 e. The van der Waals surface area contributed by atoms with Crippen molar-refractivity contribution < 1.29 is 27.8 Å². The van der Waals surface area contributed by atoms with Gasteiger partial charge in [0.15, 0.2) is 0 Å². The van der Waals surface area contributed by atoms with Gasteiger partial charge in [0.05, 0.1) is 11.1 Å². The Hall–Kier alpha value is -2.50. The van der Waals surface area contributed by atoms with Crippen molar-refractivity contribution in [2.75, 3.05) is 0 Å². The van der Waals surface area contributed by atoms with Gasteiger partial charge in [0, 0.05) is 5.56 Å². The molecule has 2 aromatic carbocycles. The number of carboxylic acid groups (broad SMARTS) is 1. The third kappa shape index (κ3) is 3.58. The number of aryl methyl sites for hydroxylation is 1. The van der Waals surface area contributed by atoms with Crippen LogP contribution in [0.15, 0.2) is 42.5 Å². The molecule has 0 heterocycles. The fourth-order valence-electron chi connectivity index (χ4n) is 1.95. The predicted octanol–water partition coefficient (Wildman–Crippen LogP) is 4.29. The Labute approximate surface area is 125 Å². The maximum absolute atomic E-state index is 12.6. The molecule has 2 aromatic rings. The Kier molecular flexibility index (Phi) is 4.40. The summed E-state index contributed by atoms with van der Waals surface area (Å²) in [6.07, 6.45) is -4.58. The zero-order chi connectivity index (χ0) is 16.3. The summed E-state index contributed by atoms with van der Waals surface area (Å²) in [6, 6.07) is 9.71. The van der Waals surface area contributed by atoms with E-state index in [1.807, 2.05) is 19.1 Å². The summed E-state index contributed by atoms with van der Waals surface area (Å²) in [6.45, 7) is 1.70. The van der Waals surface area contributed by atoms with Gasteiger partial charge in [-0.05, 0) is 30.7 Å². The van der Waals surface area contributed by atoms with E-state index < -0.39 is 23.3 Å². The largest absolute Gasteiger partial charge is 0.489 e. The highest BCUT2D eigenvalue weighted by Gasteiger charge is 2.31.